The standard InChI is InChI=1S/C21H23FN4O2/c1-3-5-10-19(27)23-15-11-13-16(14-12-15)26-20(24-21(25-26)28-4-2)17-8-6-7-9-18(17)22/h6-9,11-14H,3-5,10H2,1-2H3,(H,23,27). The van der Waals surface area contributed by atoms with E-state index in [1.54, 1.807) is 42.5 Å². The number of carbonyl (C=O) groups excluding carboxylic acids is 1. The number of hydrogen-bond acceptors (Lipinski definition) is 4. The zero-order valence-electron chi connectivity index (χ0n) is 16.0. The first kappa shape index (κ1) is 19.5. The Morgan fingerprint density at radius 2 is 1.89 bits per heavy atom. The van der Waals surface area contributed by atoms with Gasteiger partial charge in [0, 0.05) is 12.1 Å². The number of nitrogens with one attached hydrogen (secondary N) is 1. The number of hydrogen-bond donors (Lipinski definition) is 1. The average molecular weight is 382 g/mol. The van der Waals surface area contributed by atoms with Crippen LogP contribution >= 0.6 is 0 Å². The van der Waals surface area contributed by atoms with Crippen molar-refractivity contribution in [1.82, 2.24) is 14.8 Å². The van der Waals surface area contributed by atoms with Gasteiger partial charge in [-0.1, -0.05) is 25.5 Å². The molecule has 0 aliphatic heterocycles. The molecule has 6 nitrogen and oxygen atoms in total. The van der Waals surface area contributed by atoms with Crippen molar-refractivity contribution in [3.8, 4) is 23.1 Å². The van der Waals surface area contributed by atoms with Crippen LogP contribution in [0.15, 0.2) is 48.5 Å². The molecule has 0 aliphatic carbocycles. The fourth-order valence-electron chi connectivity index (χ4n) is 2.73. The minimum absolute atomic E-state index is 0.0129. The Balaban J connectivity index is 1.90. The number of aromatic nitrogens is 3. The molecule has 0 saturated carbocycles. The molecular formula is C21H23FN4O2. The minimum Gasteiger partial charge on any atom is -0.463 e. The molecule has 0 unspecified atom stereocenters. The number of nitrogens with zero attached hydrogens (tertiary/aromatic N) is 3. The third-order valence-corrected chi connectivity index (χ3v) is 4.13. The largest absolute Gasteiger partial charge is 0.463 e. The van der Waals surface area contributed by atoms with Crippen molar-refractivity contribution in [2.45, 2.75) is 33.1 Å². The Hall–Kier alpha value is -3.22. The Morgan fingerprint density at radius 1 is 1.14 bits per heavy atom. The van der Waals surface area contributed by atoms with Crippen LogP contribution in [-0.2, 0) is 4.79 Å². The van der Waals surface area contributed by atoms with Crippen molar-refractivity contribution in [1.29, 1.82) is 0 Å². The Kier molecular flexibility index (Phi) is 6.37. The van der Waals surface area contributed by atoms with Crippen LogP contribution in [0.25, 0.3) is 17.1 Å². The summed E-state index contributed by atoms with van der Waals surface area (Å²) in [5.41, 5.74) is 1.71. The number of carbonyl (C=O) groups is 1. The van der Waals surface area contributed by atoms with Crippen LogP contribution in [0.4, 0.5) is 10.1 Å². The summed E-state index contributed by atoms with van der Waals surface area (Å²) in [4.78, 5) is 16.2. The predicted molar refractivity (Wildman–Crippen MR) is 106 cm³/mol. The third-order valence-electron chi connectivity index (χ3n) is 4.13. The molecule has 28 heavy (non-hydrogen) atoms. The number of halogens is 1. The van der Waals surface area contributed by atoms with Gasteiger partial charge in [-0.25, -0.2) is 9.07 Å². The summed E-state index contributed by atoms with van der Waals surface area (Å²) < 4.78 is 21.2. The molecule has 0 bridgehead atoms. The summed E-state index contributed by atoms with van der Waals surface area (Å²) in [6, 6.07) is 13.7. The van der Waals surface area contributed by atoms with Crippen LogP contribution in [0.5, 0.6) is 6.01 Å². The highest BCUT2D eigenvalue weighted by Crippen LogP contribution is 2.26. The van der Waals surface area contributed by atoms with Gasteiger partial charge in [0.1, 0.15) is 5.82 Å². The average Bonchev–Trinajstić information content (AvgIpc) is 3.11. The Bertz CT molecular complexity index is 938. The van der Waals surface area contributed by atoms with E-state index < -0.39 is 0 Å². The van der Waals surface area contributed by atoms with Crippen LogP contribution in [0, 0.1) is 5.82 Å². The SMILES string of the molecule is CCCCC(=O)Nc1ccc(-n2nc(OCC)nc2-c2ccccc2F)cc1. The zero-order chi connectivity index (χ0) is 19.9. The molecule has 0 saturated heterocycles. The monoisotopic (exact) mass is 382 g/mol. The van der Waals surface area contributed by atoms with E-state index in [0.717, 1.165) is 12.8 Å². The summed E-state index contributed by atoms with van der Waals surface area (Å²) in [5.74, 6) is -0.0543. The van der Waals surface area contributed by atoms with E-state index in [-0.39, 0.29) is 17.7 Å². The summed E-state index contributed by atoms with van der Waals surface area (Å²) in [7, 11) is 0. The van der Waals surface area contributed by atoms with Gasteiger partial charge < -0.3 is 10.1 Å². The lowest BCUT2D eigenvalue weighted by Gasteiger charge is -2.08. The molecule has 1 amide bonds. The van der Waals surface area contributed by atoms with Gasteiger partial charge in [0.25, 0.3) is 0 Å². The molecule has 7 heteroatoms. The molecule has 1 aromatic heterocycles. The van der Waals surface area contributed by atoms with E-state index in [2.05, 4.69) is 15.4 Å². The van der Waals surface area contributed by atoms with Gasteiger partial charge in [-0.3, -0.25) is 4.79 Å². The summed E-state index contributed by atoms with van der Waals surface area (Å²) in [6.07, 6.45) is 2.32. The van der Waals surface area contributed by atoms with Crippen LogP contribution < -0.4 is 10.1 Å². The molecule has 2 aromatic carbocycles. The van der Waals surface area contributed by atoms with Crippen molar-refractivity contribution in [2.24, 2.45) is 0 Å². The van der Waals surface area contributed by atoms with E-state index in [9.17, 15) is 9.18 Å². The zero-order valence-corrected chi connectivity index (χ0v) is 16.0. The maximum absolute atomic E-state index is 14.3. The fourth-order valence-corrected chi connectivity index (χ4v) is 2.73. The minimum atomic E-state index is -0.390. The number of anilines is 1. The Labute approximate surface area is 163 Å². The molecule has 0 atom stereocenters. The second-order valence-corrected chi connectivity index (χ2v) is 6.24. The lowest BCUT2D eigenvalue weighted by Crippen LogP contribution is -2.11. The molecule has 0 fully saturated rings. The van der Waals surface area contributed by atoms with Crippen LogP contribution in [0.1, 0.15) is 33.1 Å². The van der Waals surface area contributed by atoms with Crippen LogP contribution in [-0.4, -0.2) is 27.3 Å². The fraction of sp³-hybridized carbons (Fsp3) is 0.286. The van der Waals surface area contributed by atoms with E-state index in [1.165, 1.54) is 10.7 Å². The first-order valence-electron chi connectivity index (χ1n) is 9.37. The molecule has 1 N–H and O–H groups in total. The smallest absolute Gasteiger partial charge is 0.336 e. The molecule has 0 spiro atoms. The third kappa shape index (κ3) is 4.54. The van der Waals surface area contributed by atoms with E-state index in [1.807, 2.05) is 13.8 Å². The summed E-state index contributed by atoms with van der Waals surface area (Å²) in [5, 5.41) is 7.22. The van der Waals surface area contributed by atoms with Gasteiger partial charge in [0.05, 0.1) is 17.9 Å². The van der Waals surface area contributed by atoms with Gasteiger partial charge in [-0.2, -0.15) is 4.98 Å². The molecule has 0 aliphatic rings. The second-order valence-electron chi connectivity index (χ2n) is 6.24. The van der Waals surface area contributed by atoms with Gasteiger partial charge in [0.2, 0.25) is 5.91 Å². The highest BCUT2D eigenvalue weighted by Gasteiger charge is 2.17. The summed E-state index contributed by atoms with van der Waals surface area (Å²) >= 11 is 0. The van der Waals surface area contributed by atoms with Gasteiger partial charge in [-0.05, 0) is 49.7 Å². The molecule has 3 rings (SSSR count). The lowest BCUT2D eigenvalue weighted by atomic mass is 10.2. The number of rotatable bonds is 8. The van der Waals surface area contributed by atoms with Crippen molar-refractivity contribution < 1.29 is 13.9 Å². The number of unbranched alkanes of at least 4 members (excludes halogenated alkanes) is 1. The molecule has 146 valence electrons. The number of amides is 1. The van der Waals surface area contributed by atoms with Crippen molar-refractivity contribution in [2.75, 3.05) is 11.9 Å². The van der Waals surface area contributed by atoms with Crippen molar-refractivity contribution in [3.63, 3.8) is 0 Å². The van der Waals surface area contributed by atoms with Gasteiger partial charge >= 0.3 is 6.01 Å². The Morgan fingerprint density at radius 3 is 2.57 bits per heavy atom. The lowest BCUT2D eigenvalue weighted by molar-refractivity contribution is -0.116. The van der Waals surface area contributed by atoms with Gasteiger partial charge in [0.15, 0.2) is 5.82 Å². The predicted octanol–water partition coefficient (Wildman–Crippen LogP) is 4.60. The maximum atomic E-state index is 14.3. The highest BCUT2D eigenvalue weighted by atomic mass is 19.1. The highest BCUT2D eigenvalue weighted by molar-refractivity contribution is 5.90. The summed E-state index contributed by atoms with van der Waals surface area (Å²) in [6.45, 7) is 4.28. The van der Waals surface area contributed by atoms with E-state index in [4.69, 9.17) is 4.74 Å². The normalized spacial score (nSPS) is 10.7. The van der Waals surface area contributed by atoms with Gasteiger partial charge in [-0.15, -0.1) is 5.10 Å². The number of benzene rings is 2. The van der Waals surface area contributed by atoms with E-state index >= 15 is 0 Å². The molecule has 3 aromatic rings. The quantitative estimate of drug-likeness (QED) is 0.618. The van der Waals surface area contributed by atoms with Crippen LogP contribution in [0.3, 0.4) is 0 Å². The number of ether oxygens (including phenoxy) is 1. The first-order valence-corrected chi connectivity index (χ1v) is 9.37. The van der Waals surface area contributed by atoms with Crippen molar-refractivity contribution >= 4 is 11.6 Å². The molecular weight excluding hydrogens is 359 g/mol. The second kappa shape index (κ2) is 9.12. The maximum Gasteiger partial charge on any atom is 0.336 e. The van der Waals surface area contributed by atoms with E-state index in [0.29, 0.717) is 35.8 Å². The van der Waals surface area contributed by atoms with Crippen molar-refractivity contribution in [3.05, 3.63) is 54.3 Å². The topological polar surface area (TPSA) is 69.0 Å². The molecule has 1 heterocycles. The van der Waals surface area contributed by atoms with Crippen LogP contribution in [0.2, 0.25) is 0 Å². The first-order chi connectivity index (χ1) is 13.6. The molecule has 0 radical (unpaired) electrons.